The Morgan fingerprint density at radius 3 is 2.70 bits per heavy atom. The fraction of sp³-hybridized carbons (Fsp3) is 0.438. The van der Waals surface area contributed by atoms with Gasteiger partial charge in [0.2, 0.25) is 0 Å². The number of nitrogens with zero attached hydrogens (tertiary/aromatic N) is 1. The number of H-pyrrole nitrogens is 1. The fourth-order valence-electron chi connectivity index (χ4n) is 2.00. The number of nitrogens with one attached hydrogen (secondary N) is 1. The average molecular weight is 274 g/mol. The molecule has 4 heteroatoms. The number of aromatic nitrogens is 2. The maximum atomic E-state index is 5.81. The van der Waals surface area contributed by atoms with Crippen molar-refractivity contribution in [3.63, 3.8) is 0 Å². The van der Waals surface area contributed by atoms with Gasteiger partial charge in [-0.1, -0.05) is 19.8 Å². The largest absolute Gasteiger partial charge is 0.490 e. The molecule has 0 atom stereocenters. The smallest absolute Gasteiger partial charge is 0.161 e. The summed E-state index contributed by atoms with van der Waals surface area (Å²) in [6, 6.07) is 5.92. The van der Waals surface area contributed by atoms with Crippen LogP contribution < -0.4 is 9.47 Å². The lowest BCUT2D eigenvalue weighted by Crippen LogP contribution is -2.01. The Hall–Kier alpha value is -1.97. The van der Waals surface area contributed by atoms with Gasteiger partial charge in [0, 0.05) is 18.0 Å². The van der Waals surface area contributed by atoms with Crippen molar-refractivity contribution in [2.24, 2.45) is 0 Å². The molecular formula is C16H22N2O2. The zero-order valence-electron chi connectivity index (χ0n) is 12.2. The predicted octanol–water partition coefficient (Wildman–Crippen LogP) is 4.04. The fourth-order valence-corrected chi connectivity index (χ4v) is 2.00. The van der Waals surface area contributed by atoms with Gasteiger partial charge in [-0.05, 0) is 31.5 Å². The van der Waals surface area contributed by atoms with Gasteiger partial charge in [0.15, 0.2) is 11.5 Å². The van der Waals surface area contributed by atoms with Crippen molar-refractivity contribution in [2.45, 2.75) is 33.1 Å². The van der Waals surface area contributed by atoms with E-state index >= 15 is 0 Å². The minimum Gasteiger partial charge on any atom is -0.490 e. The third-order valence-corrected chi connectivity index (χ3v) is 3.02. The molecule has 0 aliphatic rings. The number of imidazole rings is 1. The van der Waals surface area contributed by atoms with Crippen molar-refractivity contribution >= 4 is 0 Å². The number of aromatic amines is 1. The molecule has 2 aromatic rings. The number of hydrogen-bond donors (Lipinski definition) is 1. The average Bonchev–Trinajstić information content (AvgIpc) is 2.99. The van der Waals surface area contributed by atoms with Gasteiger partial charge in [-0.25, -0.2) is 4.98 Å². The van der Waals surface area contributed by atoms with E-state index in [9.17, 15) is 0 Å². The van der Waals surface area contributed by atoms with E-state index in [4.69, 9.17) is 9.47 Å². The number of benzene rings is 1. The van der Waals surface area contributed by atoms with E-state index in [1.54, 1.807) is 6.20 Å². The summed E-state index contributed by atoms with van der Waals surface area (Å²) in [5.41, 5.74) is 0.999. The summed E-state index contributed by atoms with van der Waals surface area (Å²) in [6.07, 6.45) is 7.01. The predicted molar refractivity (Wildman–Crippen MR) is 80.2 cm³/mol. The number of unbranched alkanes of at least 4 members (excludes halogenated alkanes) is 2. The van der Waals surface area contributed by atoms with Crippen LogP contribution in [0.3, 0.4) is 0 Å². The minimum absolute atomic E-state index is 0.618. The summed E-state index contributed by atoms with van der Waals surface area (Å²) < 4.78 is 11.5. The van der Waals surface area contributed by atoms with Crippen molar-refractivity contribution in [3.8, 4) is 22.9 Å². The van der Waals surface area contributed by atoms with Crippen molar-refractivity contribution in [3.05, 3.63) is 30.6 Å². The van der Waals surface area contributed by atoms with Crippen LogP contribution in [0.4, 0.5) is 0 Å². The summed E-state index contributed by atoms with van der Waals surface area (Å²) in [5, 5.41) is 0. The Morgan fingerprint density at radius 2 is 2.00 bits per heavy atom. The molecule has 0 amide bonds. The molecule has 2 rings (SSSR count). The molecule has 1 N–H and O–H groups in total. The molecule has 0 spiro atoms. The topological polar surface area (TPSA) is 47.1 Å². The number of rotatable bonds is 8. The Morgan fingerprint density at radius 1 is 1.10 bits per heavy atom. The van der Waals surface area contributed by atoms with Crippen LogP contribution in [0.15, 0.2) is 30.6 Å². The first-order valence-electron chi connectivity index (χ1n) is 7.24. The first kappa shape index (κ1) is 14.4. The van der Waals surface area contributed by atoms with Gasteiger partial charge in [-0.2, -0.15) is 0 Å². The molecule has 0 radical (unpaired) electrons. The molecule has 108 valence electrons. The van der Waals surface area contributed by atoms with E-state index in [2.05, 4.69) is 16.9 Å². The van der Waals surface area contributed by atoms with Crippen LogP contribution in [0.1, 0.15) is 33.1 Å². The number of ether oxygens (including phenoxy) is 2. The second-order valence-corrected chi connectivity index (χ2v) is 4.59. The second kappa shape index (κ2) is 7.58. The van der Waals surface area contributed by atoms with Gasteiger partial charge >= 0.3 is 0 Å². The molecule has 0 aliphatic heterocycles. The van der Waals surface area contributed by atoms with Gasteiger partial charge in [-0.15, -0.1) is 0 Å². The van der Waals surface area contributed by atoms with Crippen molar-refractivity contribution < 1.29 is 9.47 Å². The van der Waals surface area contributed by atoms with E-state index in [0.29, 0.717) is 6.61 Å². The molecular weight excluding hydrogens is 252 g/mol. The Labute approximate surface area is 120 Å². The number of hydrogen-bond acceptors (Lipinski definition) is 3. The Bertz CT molecular complexity index is 509. The van der Waals surface area contributed by atoms with Gasteiger partial charge in [0.1, 0.15) is 5.82 Å². The third-order valence-electron chi connectivity index (χ3n) is 3.02. The molecule has 0 saturated carbocycles. The molecule has 0 saturated heterocycles. The van der Waals surface area contributed by atoms with E-state index in [1.165, 1.54) is 12.8 Å². The lowest BCUT2D eigenvalue weighted by molar-refractivity contribution is 0.271. The van der Waals surface area contributed by atoms with Gasteiger partial charge < -0.3 is 14.5 Å². The van der Waals surface area contributed by atoms with Crippen LogP contribution in [-0.4, -0.2) is 23.2 Å². The summed E-state index contributed by atoms with van der Waals surface area (Å²) in [4.78, 5) is 7.35. The Kier molecular flexibility index (Phi) is 5.47. The quantitative estimate of drug-likeness (QED) is 0.739. The van der Waals surface area contributed by atoms with E-state index < -0.39 is 0 Å². The molecule has 0 fully saturated rings. The molecule has 20 heavy (non-hydrogen) atoms. The van der Waals surface area contributed by atoms with E-state index in [-0.39, 0.29) is 0 Å². The molecule has 4 nitrogen and oxygen atoms in total. The lowest BCUT2D eigenvalue weighted by Gasteiger charge is -2.12. The highest BCUT2D eigenvalue weighted by Gasteiger charge is 2.08. The molecule has 0 bridgehead atoms. The van der Waals surface area contributed by atoms with Crippen molar-refractivity contribution in [2.75, 3.05) is 13.2 Å². The first-order valence-corrected chi connectivity index (χ1v) is 7.24. The van der Waals surface area contributed by atoms with Crippen LogP contribution in [0, 0.1) is 0 Å². The zero-order valence-corrected chi connectivity index (χ0v) is 12.2. The van der Waals surface area contributed by atoms with Gasteiger partial charge in [0.25, 0.3) is 0 Å². The van der Waals surface area contributed by atoms with E-state index in [0.717, 1.165) is 35.9 Å². The van der Waals surface area contributed by atoms with Crippen LogP contribution in [0.2, 0.25) is 0 Å². The zero-order chi connectivity index (χ0) is 14.2. The molecule has 1 heterocycles. The van der Waals surface area contributed by atoms with Crippen LogP contribution >= 0.6 is 0 Å². The van der Waals surface area contributed by atoms with E-state index in [1.807, 2.05) is 31.3 Å². The third kappa shape index (κ3) is 3.76. The second-order valence-electron chi connectivity index (χ2n) is 4.59. The Balaban J connectivity index is 2.11. The SMILES string of the molecule is CCCCCOc1ccc(-c2ncc[nH]2)cc1OCC. The monoisotopic (exact) mass is 274 g/mol. The van der Waals surface area contributed by atoms with Crippen LogP contribution in [0.25, 0.3) is 11.4 Å². The summed E-state index contributed by atoms with van der Waals surface area (Å²) in [7, 11) is 0. The molecule has 1 aromatic heterocycles. The molecule has 1 aromatic carbocycles. The van der Waals surface area contributed by atoms with Crippen molar-refractivity contribution in [1.29, 1.82) is 0 Å². The highest BCUT2D eigenvalue weighted by Crippen LogP contribution is 2.31. The minimum atomic E-state index is 0.618. The maximum Gasteiger partial charge on any atom is 0.161 e. The summed E-state index contributed by atoms with van der Waals surface area (Å²) >= 11 is 0. The maximum absolute atomic E-state index is 5.81. The van der Waals surface area contributed by atoms with Crippen LogP contribution in [-0.2, 0) is 0 Å². The van der Waals surface area contributed by atoms with Crippen molar-refractivity contribution in [1.82, 2.24) is 9.97 Å². The summed E-state index contributed by atoms with van der Waals surface area (Å²) in [6.45, 7) is 5.51. The summed E-state index contributed by atoms with van der Waals surface area (Å²) in [5.74, 6) is 2.42. The standard InChI is InChI=1S/C16H22N2O2/c1-3-5-6-11-20-14-8-7-13(12-15(14)19-4-2)16-17-9-10-18-16/h7-10,12H,3-6,11H2,1-2H3,(H,17,18). The van der Waals surface area contributed by atoms with Gasteiger partial charge in [0.05, 0.1) is 13.2 Å². The highest BCUT2D eigenvalue weighted by atomic mass is 16.5. The van der Waals surface area contributed by atoms with Gasteiger partial charge in [-0.3, -0.25) is 0 Å². The first-order chi connectivity index (χ1) is 9.85. The lowest BCUT2D eigenvalue weighted by atomic mass is 10.2. The highest BCUT2D eigenvalue weighted by molar-refractivity contribution is 5.61. The van der Waals surface area contributed by atoms with Crippen LogP contribution in [0.5, 0.6) is 11.5 Å². The molecule has 0 unspecified atom stereocenters. The normalized spacial score (nSPS) is 10.5. The molecule has 0 aliphatic carbocycles.